The molecule has 1 aromatic carbocycles. The molecule has 38 heavy (non-hydrogen) atoms. The number of hydrogen-bond acceptors (Lipinski definition) is 8. The van der Waals surface area contributed by atoms with Crippen LogP contribution in [0.15, 0.2) is 65.8 Å². The molecule has 194 valence electrons. The van der Waals surface area contributed by atoms with Gasteiger partial charge in [-0.15, -0.1) is 0 Å². The molecule has 11 heteroatoms. The standard InChI is InChI=1S/C27H24F2N6O2S/c28-25(29)38-20-3-1-2-16(8-20)24(37)32-13-18-9-23-17(12-31-18)4-5-21(33-23)22-6-7-30-26(34-22)35-14-27(15-35)10-19(36)11-27/h1-9,12,19,25,36H,10-11,13-15H2,(H,32,37). The zero-order valence-corrected chi connectivity index (χ0v) is 21.0. The number of thioether (sulfide) groups is 1. The van der Waals surface area contributed by atoms with Gasteiger partial charge in [0, 0.05) is 46.7 Å². The molecule has 0 radical (unpaired) electrons. The van der Waals surface area contributed by atoms with E-state index in [-0.39, 0.29) is 24.0 Å². The predicted molar refractivity (Wildman–Crippen MR) is 140 cm³/mol. The van der Waals surface area contributed by atoms with Gasteiger partial charge in [-0.3, -0.25) is 9.78 Å². The minimum atomic E-state index is -2.55. The van der Waals surface area contributed by atoms with E-state index < -0.39 is 5.76 Å². The topological polar surface area (TPSA) is 104 Å². The number of carbonyl (C=O) groups is 1. The summed E-state index contributed by atoms with van der Waals surface area (Å²) >= 11 is 0.401. The van der Waals surface area contributed by atoms with Gasteiger partial charge in [-0.25, -0.2) is 15.0 Å². The number of amides is 1. The van der Waals surface area contributed by atoms with Gasteiger partial charge in [0.15, 0.2) is 0 Å². The van der Waals surface area contributed by atoms with Crippen molar-refractivity contribution in [1.29, 1.82) is 0 Å². The molecule has 1 spiro atoms. The molecule has 0 atom stereocenters. The Morgan fingerprint density at radius 1 is 1.11 bits per heavy atom. The summed E-state index contributed by atoms with van der Waals surface area (Å²) in [6.07, 6.45) is 4.94. The second-order valence-electron chi connectivity index (χ2n) is 9.81. The largest absolute Gasteiger partial charge is 0.393 e. The number of rotatable bonds is 7. The summed E-state index contributed by atoms with van der Waals surface area (Å²) in [7, 11) is 0. The lowest BCUT2D eigenvalue weighted by Crippen LogP contribution is -2.64. The van der Waals surface area contributed by atoms with Crippen LogP contribution in [0, 0.1) is 5.41 Å². The van der Waals surface area contributed by atoms with E-state index in [1.54, 1.807) is 30.6 Å². The van der Waals surface area contributed by atoms with Crippen molar-refractivity contribution in [3.63, 3.8) is 0 Å². The number of nitrogens with one attached hydrogen (secondary N) is 1. The number of aromatic nitrogens is 4. The summed E-state index contributed by atoms with van der Waals surface area (Å²) < 4.78 is 25.3. The van der Waals surface area contributed by atoms with Gasteiger partial charge in [0.2, 0.25) is 5.95 Å². The number of benzene rings is 1. The number of hydrogen-bond donors (Lipinski definition) is 2. The van der Waals surface area contributed by atoms with Gasteiger partial charge in [-0.1, -0.05) is 17.8 Å². The summed E-state index contributed by atoms with van der Waals surface area (Å²) in [6, 6.07) is 13.6. The van der Waals surface area contributed by atoms with Crippen LogP contribution in [-0.4, -0.2) is 55.9 Å². The Kier molecular flexibility index (Phi) is 6.40. The highest BCUT2D eigenvalue weighted by Gasteiger charge is 2.52. The van der Waals surface area contributed by atoms with Crippen molar-refractivity contribution in [1.82, 2.24) is 25.3 Å². The van der Waals surface area contributed by atoms with E-state index in [9.17, 15) is 18.7 Å². The quantitative estimate of drug-likeness (QED) is 0.339. The minimum absolute atomic E-state index is 0.163. The van der Waals surface area contributed by atoms with Crippen molar-refractivity contribution < 1.29 is 18.7 Å². The zero-order chi connectivity index (χ0) is 26.3. The summed E-state index contributed by atoms with van der Waals surface area (Å²) in [4.78, 5) is 33.4. The van der Waals surface area contributed by atoms with E-state index in [2.05, 4.69) is 20.2 Å². The van der Waals surface area contributed by atoms with Crippen LogP contribution in [0.1, 0.15) is 28.9 Å². The first-order valence-electron chi connectivity index (χ1n) is 12.2. The van der Waals surface area contributed by atoms with Crippen LogP contribution < -0.4 is 10.2 Å². The molecule has 0 unspecified atom stereocenters. The maximum atomic E-state index is 12.6. The van der Waals surface area contributed by atoms with Gasteiger partial charge in [-0.05, 0) is 55.3 Å². The Labute approximate surface area is 221 Å². The summed E-state index contributed by atoms with van der Waals surface area (Å²) in [6.45, 7) is 1.87. The van der Waals surface area contributed by atoms with E-state index in [0.29, 0.717) is 50.8 Å². The first kappa shape index (κ1) is 24.6. The van der Waals surface area contributed by atoms with E-state index in [0.717, 1.165) is 31.3 Å². The van der Waals surface area contributed by atoms with Gasteiger partial charge in [-0.2, -0.15) is 8.78 Å². The number of halogens is 2. The van der Waals surface area contributed by atoms with E-state index in [1.807, 2.05) is 24.3 Å². The molecule has 3 aromatic heterocycles. The van der Waals surface area contributed by atoms with Crippen LogP contribution in [0.4, 0.5) is 14.7 Å². The lowest BCUT2D eigenvalue weighted by molar-refractivity contribution is -0.0497. The molecule has 4 heterocycles. The first-order chi connectivity index (χ1) is 18.4. The van der Waals surface area contributed by atoms with Crippen LogP contribution >= 0.6 is 11.8 Å². The Morgan fingerprint density at radius 3 is 2.71 bits per heavy atom. The fourth-order valence-electron chi connectivity index (χ4n) is 5.13. The number of anilines is 1. The van der Waals surface area contributed by atoms with Gasteiger partial charge < -0.3 is 15.3 Å². The molecular weight excluding hydrogens is 510 g/mol. The lowest BCUT2D eigenvalue weighted by atomic mass is 9.62. The molecule has 1 aliphatic carbocycles. The van der Waals surface area contributed by atoms with Crippen molar-refractivity contribution in [2.45, 2.75) is 36.1 Å². The summed E-state index contributed by atoms with van der Waals surface area (Å²) in [5.41, 5.74) is 3.25. The first-order valence-corrected chi connectivity index (χ1v) is 13.1. The van der Waals surface area contributed by atoms with Crippen LogP contribution in [0.5, 0.6) is 0 Å². The van der Waals surface area contributed by atoms with Crippen molar-refractivity contribution in [3.8, 4) is 11.4 Å². The second-order valence-corrected chi connectivity index (χ2v) is 10.9. The molecule has 1 amide bonds. The Bertz CT molecular complexity index is 1510. The fraction of sp³-hybridized carbons (Fsp3) is 0.296. The number of nitrogens with zero attached hydrogens (tertiary/aromatic N) is 5. The highest BCUT2D eigenvalue weighted by molar-refractivity contribution is 7.99. The molecule has 2 aliphatic rings. The smallest absolute Gasteiger partial charge is 0.288 e. The number of fused-ring (bicyclic) bond motifs is 1. The molecule has 0 bridgehead atoms. The fourth-order valence-corrected chi connectivity index (χ4v) is 5.69. The van der Waals surface area contributed by atoms with Crippen molar-refractivity contribution >= 4 is 34.5 Å². The minimum Gasteiger partial charge on any atom is -0.393 e. The van der Waals surface area contributed by atoms with Crippen LogP contribution in [0.2, 0.25) is 0 Å². The van der Waals surface area contributed by atoms with Crippen molar-refractivity contribution in [3.05, 3.63) is 72.2 Å². The third-order valence-corrected chi connectivity index (χ3v) is 7.66. The Balaban J connectivity index is 1.15. The van der Waals surface area contributed by atoms with Crippen LogP contribution in [0.25, 0.3) is 22.3 Å². The number of aliphatic hydroxyl groups is 1. The van der Waals surface area contributed by atoms with E-state index in [4.69, 9.17) is 9.97 Å². The van der Waals surface area contributed by atoms with Gasteiger partial charge >= 0.3 is 0 Å². The normalized spacial score (nSPS) is 16.5. The van der Waals surface area contributed by atoms with Crippen molar-refractivity contribution in [2.75, 3.05) is 18.0 Å². The lowest BCUT2D eigenvalue weighted by Gasteiger charge is -2.57. The molecule has 1 saturated carbocycles. The van der Waals surface area contributed by atoms with E-state index in [1.165, 1.54) is 6.07 Å². The third kappa shape index (κ3) is 5.03. The van der Waals surface area contributed by atoms with Crippen molar-refractivity contribution in [2.24, 2.45) is 5.41 Å². The Morgan fingerprint density at radius 2 is 1.92 bits per heavy atom. The molecule has 1 saturated heterocycles. The molecule has 6 rings (SSSR count). The summed E-state index contributed by atoms with van der Waals surface area (Å²) in [5, 5.41) is 13.3. The SMILES string of the molecule is O=C(NCc1cc2nc(-c3ccnc(N4CC5(CC(O)C5)C4)n3)ccc2cn1)c1cccc(SC(F)F)c1. The monoisotopic (exact) mass is 534 g/mol. The highest BCUT2D eigenvalue weighted by atomic mass is 32.2. The second kappa shape index (κ2) is 9.88. The number of alkyl halides is 2. The number of carbonyl (C=O) groups excluding carboxylic acids is 1. The Hall–Kier alpha value is -3.70. The van der Waals surface area contributed by atoms with Crippen LogP contribution in [-0.2, 0) is 6.54 Å². The maximum absolute atomic E-state index is 12.6. The summed E-state index contributed by atoms with van der Waals surface area (Å²) in [5.74, 6) is -2.26. The zero-order valence-electron chi connectivity index (χ0n) is 20.2. The number of pyridine rings is 2. The van der Waals surface area contributed by atoms with Gasteiger partial charge in [0.25, 0.3) is 11.7 Å². The molecule has 4 aromatic rings. The number of aliphatic hydroxyl groups excluding tert-OH is 1. The maximum Gasteiger partial charge on any atom is 0.288 e. The van der Waals surface area contributed by atoms with Crippen LogP contribution in [0.3, 0.4) is 0 Å². The molecule has 8 nitrogen and oxygen atoms in total. The highest BCUT2D eigenvalue weighted by Crippen LogP contribution is 2.49. The average Bonchev–Trinajstić information content (AvgIpc) is 2.88. The average molecular weight is 535 g/mol. The van der Waals surface area contributed by atoms with Gasteiger partial charge in [0.05, 0.1) is 35.2 Å². The molecule has 2 N–H and O–H groups in total. The van der Waals surface area contributed by atoms with Gasteiger partial charge in [0.1, 0.15) is 0 Å². The molecule has 2 fully saturated rings. The molecule has 1 aliphatic heterocycles. The predicted octanol–water partition coefficient (Wildman–Crippen LogP) is 4.29. The molecular formula is C27H24F2N6O2S. The third-order valence-electron chi connectivity index (χ3n) is 6.96. The van der Waals surface area contributed by atoms with E-state index >= 15 is 0 Å².